The monoisotopic (exact) mass is 523 g/mol. The molecule has 0 spiro atoms. The number of carbonyl (C=O) groups is 1. The van der Waals surface area contributed by atoms with Crippen molar-refractivity contribution in [3.8, 4) is 5.75 Å². The van der Waals surface area contributed by atoms with E-state index in [1.54, 1.807) is 12.0 Å². The second-order valence-electron chi connectivity index (χ2n) is 9.78. The Morgan fingerprint density at radius 3 is 2.76 bits per heavy atom. The van der Waals surface area contributed by atoms with E-state index in [2.05, 4.69) is 27.1 Å². The first-order chi connectivity index (χ1) is 15.7. The maximum Gasteiger partial charge on any atom is 0.410 e. The Hall–Kier alpha value is -1.84. The summed E-state index contributed by atoms with van der Waals surface area (Å²) < 4.78 is 26.0. The number of benzene rings is 1. The maximum atomic E-state index is 12.7. The van der Waals surface area contributed by atoms with E-state index in [0.717, 1.165) is 59.8 Å². The van der Waals surface area contributed by atoms with Gasteiger partial charge in [-0.05, 0) is 52.2 Å². The number of rotatable bonds is 7. The van der Waals surface area contributed by atoms with E-state index >= 15 is 0 Å². The van der Waals surface area contributed by atoms with E-state index in [1.165, 1.54) is 0 Å². The summed E-state index contributed by atoms with van der Waals surface area (Å²) >= 11 is 3.62. The first-order valence-corrected chi connectivity index (χ1v) is 12.5. The molecule has 2 aliphatic rings. The first kappa shape index (κ1) is 24.3. The molecule has 182 valence electrons. The van der Waals surface area contributed by atoms with Crippen LogP contribution >= 0.6 is 15.9 Å². The molecule has 1 aliphatic carbocycles. The van der Waals surface area contributed by atoms with E-state index < -0.39 is 5.60 Å². The molecule has 0 N–H and O–H groups in total. The van der Waals surface area contributed by atoms with Crippen LogP contribution in [0.2, 0.25) is 0 Å². The molecular weight excluding hydrogens is 490 g/mol. The molecule has 2 aromatic rings. The molecule has 1 aromatic heterocycles. The minimum Gasteiger partial charge on any atom is -0.489 e. The normalized spacial score (nSPS) is 23.2. The zero-order valence-corrected chi connectivity index (χ0v) is 21.5. The predicted octanol–water partition coefficient (Wildman–Crippen LogP) is 5.29. The number of hydrogen-bond donors (Lipinski definition) is 0. The Labute approximate surface area is 203 Å². The number of amides is 1. The van der Waals surface area contributed by atoms with Crippen LogP contribution in [0.5, 0.6) is 5.75 Å². The zero-order valence-electron chi connectivity index (χ0n) is 19.9. The Balaban J connectivity index is 1.44. The minimum atomic E-state index is -0.536. The first-order valence-electron chi connectivity index (χ1n) is 11.7. The molecule has 0 bridgehead atoms. The SMILES string of the molecule is COCCN(C(=O)OC(C)(C)C)C1CC(Oc2cc(Br)cc3c2cnn3C2CCCCO2)C1. The van der Waals surface area contributed by atoms with Gasteiger partial charge >= 0.3 is 6.09 Å². The highest BCUT2D eigenvalue weighted by Gasteiger charge is 2.39. The van der Waals surface area contributed by atoms with Crippen molar-refractivity contribution in [2.75, 3.05) is 26.9 Å². The molecule has 1 amide bonds. The van der Waals surface area contributed by atoms with Crippen molar-refractivity contribution in [2.24, 2.45) is 0 Å². The molecule has 1 saturated carbocycles. The summed E-state index contributed by atoms with van der Waals surface area (Å²) in [5.41, 5.74) is 0.462. The summed E-state index contributed by atoms with van der Waals surface area (Å²) in [6.45, 7) is 7.37. The van der Waals surface area contributed by atoms with Gasteiger partial charge in [-0.3, -0.25) is 0 Å². The summed E-state index contributed by atoms with van der Waals surface area (Å²) in [5, 5.41) is 5.59. The largest absolute Gasteiger partial charge is 0.489 e. The molecule has 33 heavy (non-hydrogen) atoms. The summed E-state index contributed by atoms with van der Waals surface area (Å²) in [5.74, 6) is 0.797. The third-order valence-electron chi connectivity index (χ3n) is 6.04. The van der Waals surface area contributed by atoms with Gasteiger partial charge in [0.2, 0.25) is 0 Å². The maximum absolute atomic E-state index is 12.7. The average Bonchev–Trinajstić information content (AvgIpc) is 3.15. The molecule has 2 fully saturated rings. The summed E-state index contributed by atoms with van der Waals surface area (Å²) in [4.78, 5) is 14.5. The molecule has 1 aromatic carbocycles. The summed E-state index contributed by atoms with van der Waals surface area (Å²) in [6, 6.07) is 4.12. The van der Waals surface area contributed by atoms with Crippen LogP contribution in [0.15, 0.2) is 22.8 Å². The number of nitrogens with zero attached hydrogens (tertiary/aromatic N) is 3. The van der Waals surface area contributed by atoms with Crippen LogP contribution in [0.1, 0.15) is 59.1 Å². The van der Waals surface area contributed by atoms with Crippen LogP contribution in [-0.4, -0.2) is 65.4 Å². The quantitative estimate of drug-likeness (QED) is 0.490. The van der Waals surface area contributed by atoms with Gasteiger partial charge in [0.25, 0.3) is 0 Å². The molecule has 2 heterocycles. The van der Waals surface area contributed by atoms with Crippen molar-refractivity contribution >= 4 is 32.9 Å². The van der Waals surface area contributed by atoms with Crippen LogP contribution in [0.25, 0.3) is 10.9 Å². The zero-order chi connectivity index (χ0) is 23.6. The molecule has 0 radical (unpaired) electrons. The number of carbonyl (C=O) groups excluding carboxylic acids is 1. The van der Waals surface area contributed by atoms with E-state index in [4.69, 9.17) is 18.9 Å². The van der Waals surface area contributed by atoms with Crippen LogP contribution in [0.4, 0.5) is 4.79 Å². The highest BCUT2D eigenvalue weighted by molar-refractivity contribution is 9.10. The van der Waals surface area contributed by atoms with E-state index in [9.17, 15) is 4.79 Å². The van der Waals surface area contributed by atoms with Gasteiger partial charge in [-0.2, -0.15) is 5.10 Å². The lowest BCUT2D eigenvalue weighted by atomic mass is 9.88. The fraction of sp³-hybridized carbons (Fsp3) is 0.667. The van der Waals surface area contributed by atoms with Crippen molar-refractivity contribution in [3.05, 3.63) is 22.8 Å². The van der Waals surface area contributed by atoms with Gasteiger partial charge < -0.3 is 23.8 Å². The highest BCUT2D eigenvalue weighted by atomic mass is 79.9. The van der Waals surface area contributed by atoms with Crippen LogP contribution in [0, 0.1) is 0 Å². The fourth-order valence-corrected chi connectivity index (χ4v) is 4.75. The third-order valence-corrected chi connectivity index (χ3v) is 6.50. The van der Waals surface area contributed by atoms with E-state index in [0.29, 0.717) is 13.2 Å². The lowest BCUT2D eigenvalue weighted by Crippen LogP contribution is -2.53. The lowest BCUT2D eigenvalue weighted by Gasteiger charge is -2.42. The van der Waals surface area contributed by atoms with Gasteiger partial charge in [0.15, 0.2) is 6.23 Å². The minimum absolute atomic E-state index is 0.0225. The van der Waals surface area contributed by atoms with Crippen LogP contribution in [0.3, 0.4) is 0 Å². The molecule has 1 atom stereocenters. The number of aromatic nitrogens is 2. The Morgan fingerprint density at radius 2 is 2.09 bits per heavy atom. The van der Waals surface area contributed by atoms with Gasteiger partial charge in [0, 0.05) is 43.6 Å². The number of hydrogen-bond acceptors (Lipinski definition) is 6. The van der Waals surface area contributed by atoms with E-state index in [1.807, 2.05) is 37.7 Å². The number of ether oxygens (including phenoxy) is 4. The Morgan fingerprint density at radius 1 is 1.30 bits per heavy atom. The van der Waals surface area contributed by atoms with Gasteiger partial charge in [-0.15, -0.1) is 0 Å². The van der Waals surface area contributed by atoms with Gasteiger partial charge in [0.1, 0.15) is 17.5 Å². The van der Waals surface area contributed by atoms with Gasteiger partial charge in [-0.1, -0.05) is 15.9 Å². The van der Waals surface area contributed by atoms with Crippen LogP contribution in [-0.2, 0) is 14.2 Å². The average molecular weight is 524 g/mol. The molecule has 9 heteroatoms. The predicted molar refractivity (Wildman–Crippen MR) is 129 cm³/mol. The molecule has 1 aliphatic heterocycles. The topological polar surface area (TPSA) is 75.0 Å². The highest BCUT2D eigenvalue weighted by Crippen LogP contribution is 2.37. The third kappa shape index (κ3) is 5.81. The fourth-order valence-electron chi connectivity index (χ4n) is 4.33. The van der Waals surface area contributed by atoms with Crippen molar-refractivity contribution in [3.63, 3.8) is 0 Å². The van der Waals surface area contributed by atoms with Crippen molar-refractivity contribution in [1.29, 1.82) is 0 Å². The molecular formula is C24H34BrN3O5. The van der Waals surface area contributed by atoms with Gasteiger partial charge in [-0.25, -0.2) is 9.48 Å². The van der Waals surface area contributed by atoms with Gasteiger partial charge in [0.05, 0.1) is 23.7 Å². The number of methoxy groups -OCH3 is 1. The van der Waals surface area contributed by atoms with Crippen molar-refractivity contribution in [1.82, 2.24) is 14.7 Å². The second kappa shape index (κ2) is 10.2. The lowest BCUT2D eigenvalue weighted by molar-refractivity contribution is -0.0366. The van der Waals surface area contributed by atoms with Crippen LogP contribution < -0.4 is 4.74 Å². The smallest absolute Gasteiger partial charge is 0.410 e. The second-order valence-corrected chi connectivity index (χ2v) is 10.7. The Kier molecular flexibility index (Phi) is 7.50. The molecule has 4 rings (SSSR count). The van der Waals surface area contributed by atoms with E-state index in [-0.39, 0.29) is 24.5 Å². The standard InChI is InChI=1S/C24H34BrN3O5/c1-24(2,3)33-23(29)27(8-10-30-4)17-13-18(14-17)32-21-12-16(25)11-20-19(21)15-26-28(20)22-7-5-6-9-31-22/h11-12,15,17-18,22H,5-10,13-14H2,1-4H3. The number of fused-ring (bicyclic) bond motifs is 1. The molecule has 1 unspecified atom stereocenters. The van der Waals surface area contributed by atoms with Crippen molar-refractivity contribution < 1.29 is 23.7 Å². The Bertz CT molecular complexity index is 961. The summed E-state index contributed by atoms with van der Waals surface area (Å²) in [7, 11) is 1.64. The molecule has 8 nitrogen and oxygen atoms in total. The summed E-state index contributed by atoms with van der Waals surface area (Å²) in [6.07, 6.45) is 6.24. The number of halogens is 1. The van der Waals surface area contributed by atoms with Crippen molar-refractivity contribution in [2.45, 2.75) is 76.9 Å². The molecule has 1 saturated heterocycles.